The minimum atomic E-state index is -0.115. The molecule has 3 aliphatic rings. The molecular formula is C18H22ClN3O5. The number of piperazine rings is 1. The molecule has 0 saturated carbocycles. The fourth-order valence-corrected chi connectivity index (χ4v) is 3.75. The summed E-state index contributed by atoms with van der Waals surface area (Å²) in [6, 6.07) is 3.26. The summed E-state index contributed by atoms with van der Waals surface area (Å²) in [5.74, 6) is 0.961. The molecular weight excluding hydrogens is 374 g/mol. The quantitative estimate of drug-likeness (QED) is 0.749. The van der Waals surface area contributed by atoms with Crippen molar-refractivity contribution < 1.29 is 23.8 Å². The molecule has 0 radical (unpaired) electrons. The van der Waals surface area contributed by atoms with Gasteiger partial charge in [0.1, 0.15) is 0 Å². The van der Waals surface area contributed by atoms with E-state index in [-0.39, 0.29) is 18.6 Å². The average Bonchev–Trinajstić information content (AvgIpc) is 3.17. The van der Waals surface area contributed by atoms with Crippen molar-refractivity contribution in [2.45, 2.75) is 0 Å². The summed E-state index contributed by atoms with van der Waals surface area (Å²) in [5.41, 5.74) is 0.470. The lowest BCUT2D eigenvalue weighted by Gasteiger charge is -2.36. The van der Waals surface area contributed by atoms with E-state index in [2.05, 4.69) is 4.90 Å². The largest absolute Gasteiger partial charge is 0.454 e. The van der Waals surface area contributed by atoms with Crippen molar-refractivity contribution in [2.24, 2.45) is 0 Å². The normalized spacial score (nSPS) is 20.0. The van der Waals surface area contributed by atoms with Crippen LogP contribution in [-0.4, -0.2) is 92.3 Å². The Labute approximate surface area is 162 Å². The molecule has 2 saturated heterocycles. The zero-order valence-corrected chi connectivity index (χ0v) is 15.7. The summed E-state index contributed by atoms with van der Waals surface area (Å²) >= 11 is 6.17. The summed E-state index contributed by atoms with van der Waals surface area (Å²) in [5, 5.41) is 0.368. The first-order valence-electron chi connectivity index (χ1n) is 9.08. The van der Waals surface area contributed by atoms with E-state index in [1.54, 1.807) is 17.0 Å². The maximum absolute atomic E-state index is 12.8. The van der Waals surface area contributed by atoms with Gasteiger partial charge in [-0.1, -0.05) is 11.6 Å². The number of amides is 2. The van der Waals surface area contributed by atoms with E-state index in [4.69, 9.17) is 25.8 Å². The monoisotopic (exact) mass is 395 g/mol. The molecule has 146 valence electrons. The Morgan fingerprint density at radius 1 is 0.963 bits per heavy atom. The van der Waals surface area contributed by atoms with Crippen molar-refractivity contribution in [3.8, 4) is 11.5 Å². The van der Waals surface area contributed by atoms with Crippen LogP contribution in [0.1, 0.15) is 10.4 Å². The summed E-state index contributed by atoms with van der Waals surface area (Å²) < 4.78 is 15.9. The molecule has 8 nitrogen and oxygen atoms in total. The van der Waals surface area contributed by atoms with E-state index < -0.39 is 0 Å². The maximum atomic E-state index is 12.8. The first-order valence-corrected chi connectivity index (χ1v) is 9.46. The molecule has 4 rings (SSSR count). The molecule has 0 unspecified atom stereocenters. The molecule has 0 bridgehead atoms. The van der Waals surface area contributed by atoms with Gasteiger partial charge in [0.15, 0.2) is 11.5 Å². The molecule has 2 fully saturated rings. The highest BCUT2D eigenvalue weighted by Crippen LogP contribution is 2.40. The first-order chi connectivity index (χ1) is 13.1. The SMILES string of the molecule is O=C(CN1CCOCC1)N1CCN(C(=O)c2cc(Cl)c3c(c2)OCO3)CC1. The van der Waals surface area contributed by atoms with Crippen molar-refractivity contribution >= 4 is 23.4 Å². The Kier molecular flexibility index (Phi) is 5.38. The van der Waals surface area contributed by atoms with Gasteiger partial charge >= 0.3 is 0 Å². The second kappa shape index (κ2) is 7.92. The fourth-order valence-electron chi connectivity index (χ4n) is 3.48. The van der Waals surface area contributed by atoms with Crippen LogP contribution in [0.25, 0.3) is 0 Å². The summed E-state index contributed by atoms with van der Waals surface area (Å²) in [6.07, 6.45) is 0. The molecule has 3 heterocycles. The van der Waals surface area contributed by atoms with Gasteiger partial charge in [-0.2, -0.15) is 0 Å². The van der Waals surface area contributed by atoms with E-state index in [0.717, 1.165) is 13.1 Å². The number of rotatable bonds is 3. The van der Waals surface area contributed by atoms with Gasteiger partial charge in [0.2, 0.25) is 12.7 Å². The van der Waals surface area contributed by atoms with Crippen LogP contribution in [-0.2, 0) is 9.53 Å². The highest BCUT2D eigenvalue weighted by molar-refractivity contribution is 6.32. The van der Waals surface area contributed by atoms with Crippen LogP contribution in [0, 0.1) is 0 Å². The van der Waals surface area contributed by atoms with Crippen LogP contribution in [0.15, 0.2) is 12.1 Å². The second-order valence-corrected chi connectivity index (χ2v) is 7.16. The van der Waals surface area contributed by atoms with Gasteiger partial charge in [-0.15, -0.1) is 0 Å². The second-order valence-electron chi connectivity index (χ2n) is 6.75. The molecule has 0 N–H and O–H groups in total. The van der Waals surface area contributed by atoms with E-state index in [1.165, 1.54) is 0 Å². The molecule has 1 aromatic carbocycles. The van der Waals surface area contributed by atoms with Crippen LogP contribution in [0.5, 0.6) is 11.5 Å². The fraction of sp³-hybridized carbons (Fsp3) is 0.556. The number of halogens is 1. The zero-order chi connectivity index (χ0) is 18.8. The predicted molar refractivity (Wildman–Crippen MR) is 97.3 cm³/mol. The molecule has 1 aromatic rings. The Morgan fingerprint density at radius 2 is 1.67 bits per heavy atom. The Balaban J connectivity index is 1.33. The van der Waals surface area contributed by atoms with Crippen LogP contribution < -0.4 is 9.47 Å². The van der Waals surface area contributed by atoms with Crippen molar-refractivity contribution in [2.75, 3.05) is 65.8 Å². The highest BCUT2D eigenvalue weighted by Gasteiger charge is 2.28. The average molecular weight is 396 g/mol. The number of carbonyl (C=O) groups excluding carboxylic acids is 2. The van der Waals surface area contributed by atoms with Gasteiger partial charge in [0, 0.05) is 44.8 Å². The Bertz CT molecular complexity index is 730. The van der Waals surface area contributed by atoms with Crippen LogP contribution in [0.2, 0.25) is 5.02 Å². The molecule has 0 spiro atoms. The van der Waals surface area contributed by atoms with Crippen molar-refractivity contribution in [1.29, 1.82) is 0 Å². The smallest absolute Gasteiger partial charge is 0.254 e. The van der Waals surface area contributed by atoms with Crippen molar-refractivity contribution in [1.82, 2.24) is 14.7 Å². The van der Waals surface area contributed by atoms with Crippen LogP contribution >= 0.6 is 11.6 Å². The number of fused-ring (bicyclic) bond motifs is 1. The molecule has 0 atom stereocenters. The zero-order valence-electron chi connectivity index (χ0n) is 15.0. The minimum Gasteiger partial charge on any atom is -0.454 e. The molecule has 0 aliphatic carbocycles. The third-order valence-corrected chi connectivity index (χ3v) is 5.34. The number of hydrogen-bond donors (Lipinski definition) is 0. The minimum absolute atomic E-state index is 0.107. The predicted octanol–water partition coefficient (Wildman–Crippen LogP) is 0.685. The van der Waals surface area contributed by atoms with Gasteiger partial charge in [0.25, 0.3) is 5.91 Å². The van der Waals surface area contributed by atoms with Crippen LogP contribution in [0.4, 0.5) is 0 Å². The number of morpholine rings is 1. The topological polar surface area (TPSA) is 71.6 Å². The van der Waals surface area contributed by atoms with Crippen LogP contribution in [0.3, 0.4) is 0 Å². The van der Waals surface area contributed by atoms with Gasteiger partial charge in [0.05, 0.1) is 24.8 Å². The Hall–Kier alpha value is -2.03. The number of hydrogen-bond acceptors (Lipinski definition) is 6. The lowest BCUT2D eigenvalue weighted by atomic mass is 10.1. The molecule has 9 heteroatoms. The molecule has 27 heavy (non-hydrogen) atoms. The van der Waals surface area contributed by atoms with Gasteiger partial charge < -0.3 is 24.0 Å². The summed E-state index contributed by atoms with van der Waals surface area (Å²) in [4.78, 5) is 30.9. The lowest BCUT2D eigenvalue weighted by Crippen LogP contribution is -2.53. The number of ether oxygens (including phenoxy) is 3. The highest BCUT2D eigenvalue weighted by atomic mass is 35.5. The number of carbonyl (C=O) groups is 2. The van der Waals surface area contributed by atoms with Gasteiger partial charge in [-0.25, -0.2) is 0 Å². The van der Waals surface area contributed by atoms with E-state index >= 15 is 0 Å². The van der Waals surface area contributed by atoms with Gasteiger partial charge in [-0.05, 0) is 12.1 Å². The molecule has 0 aromatic heterocycles. The Morgan fingerprint density at radius 3 is 2.41 bits per heavy atom. The molecule has 3 aliphatic heterocycles. The van der Waals surface area contributed by atoms with Gasteiger partial charge in [-0.3, -0.25) is 14.5 Å². The number of benzene rings is 1. The third-order valence-electron chi connectivity index (χ3n) is 5.06. The summed E-state index contributed by atoms with van der Waals surface area (Å²) in [6.45, 7) is 5.51. The first kappa shape index (κ1) is 18.3. The van der Waals surface area contributed by atoms with E-state index in [9.17, 15) is 9.59 Å². The van der Waals surface area contributed by atoms with Crippen molar-refractivity contribution in [3.05, 3.63) is 22.7 Å². The standard InChI is InChI=1S/C18H22ClN3O5/c19-14-9-13(10-15-17(14)27-12-26-15)18(24)22-3-1-21(2-4-22)16(23)11-20-5-7-25-8-6-20/h9-10H,1-8,11-12H2. The van der Waals surface area contributed by atoms with E-state index in [0.29, 0.717) is 68.0 Å². The number of nitrogens with zero attached hydrogens (tertiary/aromatic N) is 3. The maximum Gasteiger partial charge on any atom is 0.254 e. The molecule has 2 amide bonds. The van der Waals surface area contributed by atoms with E-state index in [1.807, 2.05) is 4.90 Å². The third kappa shape index (κ3) is 3.97. The lowest BCUT2D eigenvalue weighted by molar-refractivity contribution is -0.134. The van der Waals surface area contributed by atoms with Crippen molar-refractivity contribution in [3.63, 3.8) is 0 Å². The summed E-state index contributed by atoms with van der Waals surface area (Å²) in [7, 11) is 0.